The molecule has 0 fully saturated rings. The first-order valence-electron chi connectivity index (χ1n) is 7.09. The number of halogens is 3. The number of hydrogen-bond acceptors (Lipinski definition) is 7. The lowest BCUT2D eigenvalue weighted by molar-refractivity contribution is -0.115. The van der Waals surface area contributed by atoms with Gasteiger partial charge in [0.2, 0.25) is 11.0 Å². The smallest absolute Gasteiger partial charge is 0.237 e. The molecule has 1 amide bonds. The predicted molar refractivity (Wildman–Crippen MR) is 90.5 cm³/mol. The molecule has 0 aliphatic heterocycles. The van der Waals surface area contributed by atoms with E-state index < -0.39 is 34.3 Å². The molecule has 0 unspecified atom stereocenters. The van der Waals surface area contributed by atoms with E-state index in [1.165, 1.54) is 11.3 Å². The second kappa shape index (κ2) is 9.02. The van der Waals surface area contributed by atoms with Crippen molar-refractivity contribution in [3.8, 4) is 0 Å². The number of carbonyl (C=O) groups is 1. The summed E-state index contributed by atoms with van der Waals surface area (Å²) in [5.41, 5.74) is -0.421. The lowest BCUT2D eigenvalue weighted by Crippen LogP contribution is -2.23. The van der Waals surface area contributed by atoms with Gasteiger partial charge in [-0.3, -0.25) is 4.79 Å². The SMILES string of the molecule is COCCNc1nnc(S[C@H](C)C(=O)Nc2ccc(F)c(F)c2F)s1. The molecule has 0 saturated carbocycles. The van der Waals surface area contributed by atoms with Gasteiger partial charge in [0.25, 0.3) is 0 Å². The molecule has 0 aliphatic carbocycles. The first-order valence-corrected chi connectivity index (χ1v) is 8.79. The summed E-state index contributed by atoms with van der Waals surface area (Å²) in [5, 5.41) is 13.0. The third-order valence-electron chi connectivity index (χ3n) is 2.93. The molecular weight excluding hydrogens is 377 g/mol. The Morgan fingerprint density at radius 2 is 2.08 bits per heavy atom. The molecule has 0 bridgehead atoms. The minimum atomic E-state index is -1.63. The number of anilines is 2. The number of nitrogens with zero attached hydrogens (tertiary/aromatic N) is 2. The highest BCUT2D eigenvalue weighted by Crippen LogP contribution is 2.29. The number of thioether (sulfide) groups is 1. The Morgan fingerprint density at radius 1 is 1.32 bits per heavy atom. The number of carbonyl (C=O) groups excluding carboxylic acids is 1. The predicted octanol–water partition coefficient (Wildman–Crippen LogP) is 3.13. The first kappa shape index (κ1) is 19.5. The van der Waals surface area contributed by atoms with Crippen molar-refractivity contribution < 1.29 is 22.7 Å². The van der Waals surface area contributed by atoms with Crippen LogP contribution in [0.2, 0.25) is 0 Å². The maximum absolute atomic E-state index is 13.6. The molecule has 1 heterocycles. The number of hydrogen-bond donors (Lipinski definition) is 2. The van der Waals surface area contributed by atoms with Gasteiger partial charge in [-0.15, -0.1) is 10.2 Å². The van der Waals surface area contributed by atoms with E-state index in [4.69, 9.17) is 4.74 Å². The van der Waals surface area contributed by atoms with Crippen LogP contribution in [-0.4, -0.2) is 41.6 Å². The van der Waals surface area contributed by atoms with Crippen LogP contribution in [0.5, 0.6) is 0 Å². The van der Waals surface area contributed by atoms with Gasteiger partial charge < -0.3 is 15.4 Å². The maximum atomic E-state index is 13.6. The van der Waals surface area contributed by atoms with Gasteiger partial charge in [0.1, 0.15) is 0 Å². The Balaban J connectivity index is 1.93. The molecule has 2 aromatic rings. The monoisotopic (exact) mass is 392 g/mol. The Morgan fingerprint density at radius 3 is 2.80 bits per heavy atom. The number of aromatic nitrogens is 2. The molecule has 1 aromatic carbocycles. The van der Waals surface area contributed by atoms with E-state index in [1.54, 1.807) is 14.0 Å². The van der Waals surface area contributed by atoms with Crippen LogP contribution in [0.15, 0.2) is 16.5 Å². The van der Waals surface area contributed by atoms with E-state index in [9.17, 15) is 18.0 Å². The van der Waals surface area contributed by atoms with E-state index in [0.717, 1.165) is 23.9 Å². The maximum Gasteiger partial charge on any atom is 0.237 e. The molecule has 0 spiro atoms. The van der Waals surface area contributed by atoms with Crippen LogP contribution in [0.1, 0.15) is 6.92 Å². The fourth-order valence-corrected chi connectivity index (χ4v) is 3.57. The Bertz CT molecular complexity index is 745. The van der Waals surface area contributed by atoms with Gasteiger partial charge in [-0.05, 0) is 19.1 Å². The lowest BCUT2D eigenvalue weighted by atomic mass is 10.2. The van der Waals surface area contributed by atoms with Crippen molar-refractivity contribution in [2.45, 2.75) is 16.5 Å². The van der Waals surface area contributed by atoms with Crippen molar-refractivity contribution in [2.24, 2.45) is 0 Å². The van der Waals surface area contributed by atoms with Gasteiger partial charge in [-0.1, -0.05) is 23.1 Å². The van der Waals surface area contributed by atoms with Gasteiger partial charge >= 0.3 is 0 Å². The van der Waals surface area contributed by atoms with Gasteiger partial charge in [0, 0.05) is 13.7 Å². The van der Waals surface area contributed by atoms with Crippen LogP contribution >= 0.6 is 23.1 Å². The summed E-state index contributed by atoms with van der Waals surface area (Å²) in [5.74, 6) is -4.96. The van der Waals surface area contributed by atoms with Gasteiger partial charge in [-0.25, -0.2) is 13.2 Å². The zero-order valence-electron chi connectivity index (χ0n) is 13.3. The summed E-state index contributed by atoms with van der Waals surface area (Å²) in [6.45, 7) is 2.67. The molecule has 136 valence electrons. The highest BCUT2D eigenvalue weighted by Gasteiger charge is 2.20. The van der Waals surface area contributed by atoms with Crippen LogP contribution in [0.25, 0.3) is 0 Å². The summed E-state index contributed by atoms with van der Waals surface area (Å²) >= 11 is 2.37. The van der Waals surface area contributed by atoms with E-state index in [2.05, 4.69) is 20.8 Å². The third kappa shape index (κ3) is 5.31. The van der Waals surface area contributed by atoms with Crippen molar-refractivity contribution in [2.75, 3.05) is 30.9 Å². The molecule has 1 atom stereocenters. The summed E-state index contributed by atoms with van der Waals surface area (Å²) in [6, 6.07) is 1.71. The number of rotatable bonds is 8. The van der Waals surface area contributed by atoms with Crippen molar-refractivity contribution in [3.05, 3.63) is 29.6 Å². The van der Waals surface area contributed by atoms with Crippen molar-refractivity contribution >= 4 is 39.8 Å². The van der Waals surface area contributed by atoms with E-state index >= 15 is 0 Å². The summed E-state index contributed by atoms with van der Waals surface area (Å²) in [7, 11) is 1.58. The van der Waals surface area contributed by atoms with Gasteiger partial charge in [0.05, 0.1) is 17.5 Å². The van der Waals surface area contributed by atoms with Crippen LogP contribution in [-0.2, 0) is 9.53 Å². The first-order chi connectivity index (χ1) is 11.9. The zero-order chi connectivity index (χ0) is 18.4. The number of ether oxygens (including phenoxy) is 1. The largest absolute Gasteiger partial charge is 0.383 e. The third-order valence-corrected chi connectivity index (χ3v) is 4.99. The second-order valence-corrected chi connectivity index (χ2v) is 7.33. The van der Waals surface area contributed by atoms with Gasteiger partial charge in [0.15, 0.2) is 21.8 Å². The van der Waals surface area contributed by atoms with Crippen LogP contribution < -0.4 is 10.6 Å². The minimum Gasteiger partial charge on any atom is -0.383 e. The summed E-state index contributed by atoms with van der Waals surface area (Å²) < 4.78 is 45.1. The van der Waals surface area contributed by atoms with E-state index in [1.807, 2.05) is 0 Å². The molecule has 1 aromatic heterocycles. The fraction of sp³-hybridized carbons (Fsp3) is 0.357. The summed E-state index contributed by atoms with van der Waals surface area (Å²) in [4.78, 5) is 12.1. The van der Waals surface area contributed by atoms with Crippen LogP contribution in [0.3, 0.4) is 0 Å². The Labute approximate surface area is 150 Å². The fourth-order valence-electron chi connectivity index (χ4n) is 1.65. The van der Waals surface area contributed by atoms with E-state index in [-0.39, 0.29) is 0 Å². The average Bonchev–Trinajstić information content (AvgIpc) is 3.03. The van der Waals surface area contributed by atoms with Crippen molar-refractivity contribution in [1.82, 2.24) is 10.2 Å². The molecule has 2 rings (SSSR count). The second-order valence-electron chi connectivity index (χ2n) is 4.76. The average molecular weight is 392 g/mol. The van der Waals surface area contributed by atoms with Crippen LogP contribution in [0.4, 0.5) is 24.0 Å². The minimum absolute atomic E-state index is 0.421. The Kier molecular flexibility index (Phi) is 7.02. The standard InChI is InChI=1S/C14H15F3N4O2S2/c1-7(24-14-21-20-13(25-14)18-5-6-23-2)12(22)19-9-4-3-8(15)10(16)11(9)17/h3-4,7H,5-6H2,1-2H3,(H,18,20)(H,19,22)/t7-/m1/s1. The number of methoxy groups -OCH3 is 1. The number of benzene rings is 1. The molecule has 6 nitrogen and oxygen atoms in total. The number of amides is 1. The normalized spacial score (nSPS) is 12.0. The Hall–Kier alpha value is -1.85. The highest BCUT2D eigenvalue weighted by molar-refractivity contribution is 8.02. The molecule has 0 radical (unpaired) electrons. The number of nitrogens with one attached hydrogen (secondary N) is 2. The molecular formula is C14H15F3N4O2S2. The topological polar surface area (TPSA) is 76.1 Å². The molecule has 11 heteroatoms. The highest BCUT2D eigenvalue weighted by atomic mass is 32.2. The molecule has 0 saturated heterocycles. The zero-order valence-corrected chi connectivity index (χ0v) is 14.9. The van der Waals surface area contributed by atoms with Crippen molar-refractivity contribution in [3.63, 3.8) is 0 Å². The molecule has 2 N–H and O–H groups in total. The van der Waals surface area contributed by atoms with E-state index in [0.29, 0.717) is 22.6 Å². The van der Waals surface area contributed by atoms with Gasteiger partial charge in [-0.2, -0.15) is 0 Å². The molecule has 25 heavy (non-hydrogen) atoms. The van der Waals surface area contributed by atoms with Crippen LogP contribution in [0, 0.1) is 17.5 Å². The molecule has 0 aliphatic rings. The lowest BCUT2D eigenvalue weighted by Gasteiger charge is -2.11. The summed E-state index contributed by atoms with van der Waals surface area (Å²) in [6.07, 6.45) is 0. The quantitative estimate of drug-likeness (QED) is 0.408. The van der Waals surface area contributed by atoms with Crippen molar-refractivity contribution in [1.29, 1.82) is 0 Å².